The molecule has 4 N–H and O–H groups in total. The van der Waals surface area contributed by atoms with E-state index in [4.69, 9.17) is 0 Å². The SMILES string of the molecule is CC(C)CC(NC(=O)C(Cc1cccc2ccccc12)NC(=O)C1CCCN1C(C)C)B(O)O. The van der Waals surface area contributed by atoms with Crippen molar-refractivity contribution in [3.63, 3.8) is 0 Å². The lowest BCUT2D eigenvalue weighted by Crippen LogP contribution is -2.57. The van der Waals surface area contributed by atoms with Crippen LogP contribution < -0.4 is 10.6 Å². The van der Waals surface area contributed by atoms with Crippen molar-refractivity contribution in [3.8, 4) is 0 Å². The van der Waals surface area contributed by atoms with Gasteiger partial charge in [0.15, 0.2) is 0 Å². The van der Waals surface area contributed by atoms with E-state index >= 15 is 0 Å². The van der Waals surface area contributed by atoms with Gasteiger partial charge in [-0.05, 0) is 61.9 Å². The number of rotatable bonds is 10. The van der Waals surface area contributed by atoms with E-state index in [1.54, 1.807) is 0 Å². The molecule has 34 heavy (non-hydrogen) atoms. The molecule has 0 radical (unpaired) electrons. The first-order valence-electron chi connectivity index (χ1n) is 12.4. The normalized spacial score (nSPS) is 18.3. The fourth-order valence-corrected chi connectivity index (χ4v) is 4.90. The van der Waals surface area contributed by atoms with Gasteiger partial charge >= 0.3 is 7.12 Å². The van der Waals surface area contributed by atoms with Gasteiger partial charge in [-0.3, -0.25) is 14.5 Å². The van der Waals surface area contributed by atoms with Crippen LogP contribution in [0.4, 0.5) is 0 Å². The van der Waals surface area contributed by atoms with Gasteiger partial charge in [-0.25, -0.2) is 0 Å². The summed E-state index contributed by atoms with van der Waals surface area (Å²) in [6, 6.07) is 13.0. The monoisotopic (exact) mass is 467 g/mol. The van der Waals surface area contributed by atoms with E-state index in [2.05, 4.69) is 29.4 Å². The van der Waals surface area contributed by atoms with Crippen LogP contribution in [0.2, 0.25) is 0 Å². The molecule has 3 unspecified atom stereocenters. The lowest BCUT2D eigenvalue weighted by Gasteiger charge is -2.30. The van der Waals surface area contributed by atoms with E-state index in [1.165, 1.54) is 0 Å². The number of nitrogens with one attached hydrogen (secondary N) is 2. The number of carbonyl (C=O) groups excluding carboxylic acids is 2. The second-order valence-electron chi connectivity index (χ2n) is 10.1. The van der Waals surface area contributed by atoms with Gasteiger partial charge in [0.05, 0.1) is 12.0 Å². The van der Waals surface area contributed by atoms with Crippen LogP contribution in [0.3, 0.4) is 0 Å². The molecule has 2 amide bonds. The van der Waals surface area contributed by atoms with Gasteiger partial charge < -0.3 is 20.7 Å². The second kappa shape index (κ2) is 11.8. The zero-order valence-electron chi connectivity index (χ0n) is 20.7. The summed E-state index contributed by atoms with van der Waals surface area (Å²) in [7, 11) is -1.67. The van der Waals surface area contributed by atoms with Gasteiger partial charge in [-0.15, -0.1) is 0 Å². The van der Waals surface area contributed by atoms with E-state index in [0.717, 1.165) is 35.7 Å². The molecule has 1 saturated heterocycles. The molecule has 3 rings (SSSR count). The highest BCUT2D eigenvalue weighted by Gasteiger charge is 2.35. The quantitative estimate of drug-likeness (QED) is 0.402. The van der Waals surface area contributed by atoms with E-state index in [-0.39, 0.29) is 23.9 Å². The number of amides is 2. The van der Waals surface area contributed by atoms with Crippen LogP contribution in [0.5, 0.6) is 0 Å². The average Bonchev–Trinajstić information content (AvgIpc) is 3.28. The molecule has 0 spiro atoms. The standard InChI is InChI=1S/C26H38BN3O4/c1-17(2)15-24(27(33)34)29-25(31)22(28-26(32)23-13-8-14-30(23)18(3)4)16-20-11-7-10-19-9-5-6-12-21(19)20/h5-7,9-12,17-18,22-24,33-34H,8,13-16H2,1-4H3,(H,28,32)(H,29,31). The molecule has 1 fully saturated rings. The highest BCUT2D eigenvalue weighted by molar-refractivity contribution is 6.43. The number of nitrogens with zero attached hydrogens (tertiary/aromatic N) is 1. The molecule has 2 aromatic rings. The Kier molecular flexibility index (Phi) is 9.11. The summed E-state index contributed by atoms with van der Waals surface area (Å²) in [5, 5.41) is 27.5. The van der Waals surface area contributed by atoms with Crippen molar-refractivity contribution >= 4 is 29.7 Å². The summed E-state index contributed by atoms with van der Waals surface area (Å²) in [6.07, 6.45) is 2.44. The van der Waals surface area contributed by atoms with E-state index in [9.17, 15) is 19.6 Å². The first-order valence-corrected chi connectivity index (χ1v) is 12.4. The number of likely N-dealkylation sites (tertiary alicyclic amines) is 1. The average molecular weight is 467 g/mol. The highest BCUT2D eigenvalue weighted by atomic mass is 16.4. The van der Waals surface area contributed by atoms with Crippen LogP contribution in [0.1, 0.15) is 52.5 Å². The van der Waals surface area contributed by atoms with Gasteiger partial charge in [0, 0.05) is 12.5 Å². The zero-order chi connectivity index (χ0) is 24.8. The molecular formula is C26H38BN3O4. The van der Waals surface area contributed by atoms with Crippen molar-refractivity contribution in [1.29, 1.82) is 0 Å². The molecule has 0 bridgehead atoms. The third-order valence-electron chi connectivity index (χ3n) is 6.61. The number of benzene rings is 2. The summed E-state index contributed by atoms with van der Waals surface area (Å²) in [5.74, 6) is -1.21. The topological polar surface area (TPSA) is 102 Å². The summed E-state index contributed by atoms with van der Waals surface area (Å²) in [5.41, 5.74) is 0.954. The van der Waals surface area contributed by atoms with Gasteiger partial charge in [0.1, 0.15) is 6.04 Å². The lowest BCUT2D eigenvalue weighted by molar-refractivity contribution is -0.132. The lowest BCUT2D eigenvalue weighted by atomic mass is 9.75. The number of carbonyl (C=O) groups is 2. The summed E-state index contributed by atoms with van der Waals surface area (Å²) in [6.45, 7) is 8.92. The van der Waals surface area contributed by atoms with Crippen LogP contribution in [-0.4, -0.2) is 64.5 Å². The van der Waals surface area contributed by atoms with Crippen LogP contribution in [0.15, 0.2) is 42.5 Å². The zero-order valence-corrected chi connectivity index (χ0v) is 20.7. The van der Waals surface area contributed by atoms with E-state index < -0.39 is 25.0 Å². The Bertz CT molecular complexity index is 976. The molecule has 1 heterocycles. The number of hydrogen-bond donors (Lipinski definition) is 4. The Morgan fingerprint density at radius 3 is 2.44 bits per heavy atom. The van der Waals surface area contributed by atoms with Crippen molar-refractivity contribution in [2.75, 3.05) is 6.54 Å². The molecule has 1 aliphatic rings. The predicted octanol–water partition coefficient (Wildman–Crippen LogP) is 2.28. The minimum absolute atomic E-state index is 0.156. The maximum atomic E-state index is 13.4. The third-order valence-corrected chi connectivity index (χ3v) is 6.61. The Hall–Kier alpha value is -2.42. The van der Waals surface area contributed by atoms with E-state index in [1.807, 2.05) is 56.3 Å². The second-order valence-corrected chi connectivity index (χ2v) is 10.1. The van der Waals surface area contributed by atoms with Crippen molar-refractivity contribution in [1.82, 2.24) is 15.5 Å². The number of hydrogen-bond acceptors (Lipinski definition) is 5. The Morgan fingerprint density at radius 2 is 1.76 bits per heavy atom. The fourth-order valence-electron chi connectivity index (χ4n) is 4.90. The molecule has 2 aromatic carbocycles. The number of fused-ring (bicyclic) bond motifs is 1. The first kappa shape index (κ1) is 26.2. The van der Waals surface area contributed by atoms with Gasteiger partial charge in [0.2, 0.25) is 11.8 Å². The van der Waals surface area contributed by atoms with Gasteiger partial charge in [-0.2, -0.15) is 0 Å². The largest absolute Gasteiger partial charge is 0.475 e. The third kappa shape index (κ3) is 6.59. The molecule has 0 aliphatic carbocycles. The molecule has 8 heteroatoms. The Morgan fingerprint density at radius 1 is 1.06 bits per heavy atom. The van der Waals surface area contributed by atoms with Gasteiger partial charge in [-0.1, -0.05) is 56.3 Å². The van der Waals surface area contributed by atoms with Crippen LogP contribution in [-0.2, 0) is 16.0 Å². The summed E-state index contributed by atoms with van der Waals surface area (Å²) >= 11 is 0. The molecule has 184 valence electrons. The predicted molar refractivity (Wildman–Crippen MR) is 136 cm³/mol. The van der Waals surface area contributed by atoms with Gasteiger partial charge in [0.25, 0.3) is 0 Å². The van der Waals surface area contributed by atoms with Crippen molar-refractivity contribution in [3.05, 3.63) is 48.0 Å². The van der Waals surface area contributed by atoms with Crippen LogP contribution >= 0.6 is 0 Å². The Balaban J connectivity index is 1.86. The Labute approximate surface area is 203 Å². The maximum Gasteiger partial charge on any atom is 0.475 e. The van der Waals surface area contributed by atoms with E-state index in [0.29, 0.717) is 12.8 Å². The highest BCUT2D eigenvalue weighted by Crippen LogP contribution is 2.22. The fraction of sp³-hybridized carbons (Fsp3) is 0.538. The summed E-state index contributed by atoms with van der Waals surface area (Å²) < 4.78 is 0. The molecule has 1 aliphatic heterocycles. The molecule has 7 nitrogen and oxygen atoms in total. The van der Waals surface area contributed by atoms with Crippen molar-refractivity contribution < 1.29 is 19.6 Å². The molecular weight excluding hydrogens is 429 g/mol. The minimum Gasteiger partial charge on any atom is -0.426 e. The molecule has 0 saturated carbocycles. The summed E-state index contributed by atoms with van der Waals surface area (Å²) in [4.78, 5) is 28.8. The van der Waals surface area contributed by atoms with Crippen LogP contribution in [0, 0.1) is 5.92 Å². The molecule has 0 aromatic heterocycles. The minimum atomic E-state index is -1.67. The molecule has 3 atom stereocenters. The first-order chi connectivity index (χ1) is 16.2. The van der Waals surface area contributed by atoms with Crippen molar-refractivity contribution in [2.24, 2.45) is 5.92 Å². The van der Waals surface area contributed by atoms with Crippen LogP contribution in [0.25, 0.3) is 10.8 Å². The van der Waals surface area contributed by atoms with Crippen molar-refractivity contribution in [2.45, 2.75) is 77.4 Å². The maximum absolute atomic E-state index is 13.4. The smallest absolute Gasteiger partial charge is 0.426 e.